The number of para-hydroxylation sites is 1. The van der Waals surface area contributed by atoms with Crippen LogP contribution in [0.25, 0.3) is 5.69 Å². The second kappa shape index (κ2) is 8.18. The largest absolute Gasteiger partial charge is 0.310 e. The SMILES string of the molecule is CC[C@H](C)n1nccc1NC(=O)[C@@H](C)Sc1nncn1-c1ccccc1. The van der Waals surface area contributed by atoms with Crippen LogP contribution in [-0.2, 0) is 4.79 Å². The average Bonchev–Trinajstić information content (AvgIpc) is 3.31. The molecule has 3 aromatic rings. The minimum atomic E-state index is -0.332. The number of nitrogens with one attached hydrogen (secondary N) is 1. The second-order valence-electron chi connectivity index (χ2n) is 5.99. The van der Waals surface area contributed by atoms with Gasteiger partial charge in [0.1, 0.15) is 12.1 Å². The minimum Gasteiger partial charge on any atom is -0.310 e. The molecule has 0 radical (unpaired) electrons. The number of hydrogen-bond donors (Lipinski definition) is 1. The molecule has 0 saturated carbocycles. The predicted molar refractivity (Wildman–Crippen MR) is 103 cm³/mol. The van der Waals surface area contributed by atoms with Crippen molar-refractivity contribution in [1.29, 1.82) is 0 Å². The van der Waals surface area contributed by atoms with Gasteiger partial charge in [0.2, 0.25) is 5.91 Å². The van der Waals surface area contributed by atoms with Crippen LogP contribution in [0.5, 0.6) is 0 Å². The zero-order valence-electron chi connectivity index (χ0n) is 15.0. The van der Waals surface area contributed by atoms with Crippen LogP contribution in [0.4, 0.5) is 5.82 Å². The van der Waals surface area contributed by atoms with Gasteiger partial charge in [0.25, 0.3) is 0 Å². The van der Waals surface area contributed by atoms with Gasteiger partial charge in [-0.2, -0.15) is 5.10 Å². The average molecular weight is 370 g/mol. The Kier molecular flexibility index (Phi) is 5.72. The van der Waals surface area contributed by atoms with E-state index in [4.69, 9.17) is 0 Å². The second-order valence-corrected chi connectivity index (χ2v) is 7.29. The van der Waals surface area contributed by atoms with E-state index in [9.17, 15) is 4.79 Å². The summed E-state index contributed by atoms with van der Waals surface area (Å²) in [5.74, 6) is 0.615. The summed E-state index contributed by atoms with van der Waals surface area (Å²) in [6, 6.07) is 11.9. The first-order valence-corrected chi connectivity index (χ1v) is 9.44. The summed E-state index contributed by atoms with van der Waals surface area (Å²) in [6.45, 7) is 6.02. The van der Waals surface area contributed by atoms with Gasteiger partial charge < -0.3 is 5.32 Å². The summed E-state index contributed by atoms with van der Waals surface area (Å²) in [5, 5.41) is 15.7. The Balaban J connectivity index is 1.70. The minimum absolute atomic E-state index is 0.0948. The first-order chi connectivity index (χ1) is 12.6. The molecule has 8 heteroatoms. The van der Waals surface area contributed by atoms with E-state index in [0.717, 1.165) is 12.1 Å². The molecule has 0 unspecified atom stereocenters. The maximum atomic E-state index is 12.6. The van der Waals surface area contributed by atoms with Crippen molar-refractivity contribution in [3.63, 3.8) is 0 Å². The Morgan fingerprint density at radius 2 is 2.00 bits per heavy atom. The number of anilines is 1. The molecule has 2 atom stereocenters. The Labute approximate surface area is 156 Å². The fraction of sp³-hybridized carbons (Fsp3) is 0.333. The zero-order chi connectivity index (χ0) is 18.5. The molecular formula is C18H22N6OS. The van der Waals surface area contributed by atoms with Gasteiger partial charge in [-0.05, 0) is 32.4 Å². The van der Waals surface area contributed by atoms with Gasteiger partial charge in [-0.3, -0.25) is 9.36 Å². The number of hydrogen-bond acceptors (Lipinski definition) is 5. The molecule has 3 rings (SSSR count). The molecule has 136 valence electrons. The standard InChI is InChI=1S/C18H22N6OS/c1-4-13(2)24-16(10-11-20-24)21-17(25)14(3)26-18-22-19-12-23(18)15-8-6-5-7-9-15/h5-14H,4H2,1-3H3,(H,21,25)/t13-,14+/m0/s1. The van der Waals surface area contributed by atoms with E-state index in [2.05, 4.69) is 34.5 Å². The van der Waals surface area contributed by atoms with Gasteiger partial charge in [-0.1, -0.05) is 36.9 Å². The third-order valence-electron chi connectivity index (χ3n) is 4.13. The molecular weight excluding hydrogens is 348 g/mol. The number of rotatable bonds is 7. The van der Waals surface area contributed by atoms with Crippen LogP contribution in [-0.4, -0.2) is 35.7 Å². The van der Waals surface area contributed by atoms with Crippen LogP contribution in [0.3, 0.4) is 0 Å². The molecule has 2 aromatic heterocycles. The fourth-order valence-corrected chi connectivity index (χ4v) is 3.29. The van der Waals surface area contributed by atoms with Gasteiger partial charge in [-0.15, -0.1) is 10.2 Å². The summed E-state index contributed by atoms with van der Waals surface area (Å²) >= 11 is 1.37. The van der Waals surface area contributed by atoms with Crippen LogP contribution in [0.15, 0.2) is 54.1 Å². The summed E-state index contributed by atoms with van der Waals surface area (Å²) in [5.41, 5.74) is 0.961. The third kappa shape index (κ3) is 3.96. The molecule has 0 bridgehead atoms. The molecule has 26 heavy (non-hydrogen) atoms. The van der Waals surface area contributed by atoms with Crippen LogP contribution >= 0.6 is 11.8 Å². The Bertz CT molecular complexity index is 859. The molecule has 2 heterocycles. The normalized spacial score (nSPS) is 13.3. The van der Waals surface area contributed by atoms with E-state index in [1.807, 2.05) is 52.6 Å². The number of nitrogens with zero attached hydrogens (tertiary/aromatic N) is 5. The number of carbonyl (C=O) groups excluding carboxylic acids is 1. The number of aromatic nitrogens is 5. The van der Waals surface area contributed by atoms with Crippen molar-refractivity contribution in [2.45, 2.75) is 43.6 Å². The summed E-state index contributed by atoms with van der Waals surface area (Å²) in [6.07, 6.45) is 4.29. The monoisotopic (exact) mass is 370 g/mol. The van der Waals surface area contributed by atoms with Crippen molar-refractivity contribution in [3.05, 3.63) is 48.9 Å². The molecule has 0 aliphatic carbocycles. The molecule has 1 N–H and O–H groups in total. The Hall–Kier alpha value is -2.61. The lowest BCUT2D eigenvalue weighted by Gasteiger charge is -2.16. The first kappa shape index (κ1) is 18.2. The molecule has 0 fully saturated rings. The van der Waals surface area contributed by atoms with Gasteiger partial charge in [-0.25, -0.2) is 4.68 Å². The van der Waals surface area contributed by atoms with Crippen molar-refractivity contribution < 1.29 is 4.79 Å². The number of amides is 1. The van der Waals surface area contributed by atoms with Crippen LogP contribution in [0, 0.1) is 0 Å². The van der Waals surface area contributed by atoms with E-state index >= 15 is 0 Å². The van der Waals surface area contributed by atoms with E-state index < -0.39 is 0 Å². The fourth-order valence-electron chi connectivity index (χ4n) is 2.45. The molecule has 0 aliphatic rings. The smallest absolute Gasteiger partial charge is 0.238 e. The Morgan fingerprint density at radius 3 is 2.73 bits per heavy atom. The molecule has 0 spiro atoms. The maximum absolute atomic E-state index is 12.6. The van der Waals surface area contributed by atoms with Crippen molar-refractivity contribution in [1.82, 2.24) is 24.5 Å². The van der Waals surface area contributed by atoms with Crippen LogP contribution < -0.4 is 5.32 Å². The number of thioether (sulfide) groups is 1. The summed E-state index contributed by atoms with van der Waals surface area (Å²) < 4.78 is 3.71. The first-order valence-electron chi connectivity index (χ1n) is 8.56. The van der Waals surface area contributed by atoms with Gasteiger partial charge in [0, 0.05) is 11.8 Å². The molecule has 1 aromatic carbocycles. The molecule has 0 saturated heterocycles. The topological polar surface area (TPSA) is 77.6 Å². The predicted octanol–water partition coefficient (Wildman–Crippen LogP) is 3.55. The van der Waals surface area contributed by atoms with Crippen molar-refractivity contribution in [3.8, 4) is 5.69 Å². The summed E-state index contributed by atoms with van der Waals surface area (Å²) in [4.78, 5) is 12.6. The van der Waals surface area contributed by atoms with E-state index in [1.165, 1.54) is 11.8 Å². The number of benzene rings is 1. The lowest BCUT2D eigenvalue weighted by Crippen LogP contribution is -2.25. The molecule has 0 aliphatic heterocycles. The van der Waals surface area contributed by atoms with E-state index in [0.29, 0.717) is 11.0 Å². The van der Waals surface area contributed by atoms with Gasteiger partial charge in [0.15, 0.2) is 5.16 Å². The highest BCUT2D eigenvalue weighted by Crippen LogP contribution is 2.25. The Morgan fingerprint density at radius 1 is 1.23 bits per heavy atom. The summed E-state index contributed by atoms with van der Waals surface area (Å²) in [7, 11) is 0. The molecule has 1 amide bonds. The third-order valence-corrected chi connectivity index (χ3v) is 5.19. The highest BCUT2D eigenvalue weighted by atomic mass is 32.2. The maximum Gasteiger partial charge on any atom is 0.238 e. The van der Waals surface area contributed by atoms with Gasteiger partial charge in [0.05, 0.1) is 17.5 Å². The van der Waals surface area contributed by atoms with Gasteiger partial charge >= 0.3 is 0 Å². The number of carbonyl (C=O) groups is 1. The highest BCUT2D eigenvalue weighted by Gasteiger charge is 2.20. The lowest BCUT2D eigenvalue weighted by molar-refractivity contribution is -0.115. The van der Waals surface area contributed by atoms with Crippen molar-refractivity contribution >= 4 is 23.5 Å². The molecule has 7 nitrogen and oxygen atoms in total. The quantitative estimate of drug-likeness (QED) is 0.644. The lowest BCUT2D eigenvalue weighted by atomic mass is 10.3. The van der Waals surface area contributed by atoms with E-state index in [1.54, 1.807) is 12.5 Å². The van der Waals surface area contributed by atoms with E-state index in [-0.39, 0.29) is 17.2 Å². The van der Waals surface area contributed by atoms with Crippen LogP contribution in [0.1, 0.15) is 33.2 Å². The zero-order valence-corrected chi connectivity index (χ0v) is 15.8. The van der Waals surface area contributed by atoms with Crippen molar-refractivity contribution in [2.24, 2.45) is 0 Å². The van der Waals surface area contributed by atoms with Crippen LogP contribution in [0.2, 0.25) is 0 Å². The highest BCUT2D eigenvalue weighted by molar-refractivity contribution is 8.00. The van der Waals surface area contributed by atoms with Crippen molar-refractivity contribution in [2.75, 3.05) is 5.32 Å².